The lowest BCUT2D eigenvalue weighted by Gasteiger charge is -2.33. The van der Waals surface area contributed by atoms with Gasteiger partial charge in [-0.05, 0) is 30.1 Å². The van der Waals surface area contributed by atoms with E-state index in [-0.39, 0.29) is 0 Å². The average molecular weight is 442 g/mol. The molecule has 3 aromatic rings. The molecular weight excluding hydrogens is 413 g/mol. The van der Waals surface area contributed by atoms with Crippen LogP contribution in [0.25, 0.3) is 6.08 Å². The zero-order valence-electron chi connectivity index (χ0n) is 18.2. The predicted octanol–water partition coefficient (Wildman–Crippen LogP) is 5.42. The summed E-state index contributed by atoms with van der Waals surface area (Å²) < 4.78 is 20.8. The van der Waals surface area contributed by atoms with Crippen LogP contribution in [0, 0.1) is 0 Å². The van der Waals surface area contributed by atoms with Crippen molar-refractivity contribution < 1.29 is 9.30 Å². The topological polar surface area (TPSA) is 29.5 Å². The van der Waals surface area contributed by atoms with Crippen molar-refractivity contribution in [1.82, 2.24) is 4.90 Å². The lowest BCUT2D eigenvalue weighted by atomic mass is 10.1. The molecule has 0 atom stereocenters. The van der Waals surface area contributed by atoms with Crippen molar-refractivity contribution >= 4 is 23.8 Å². The van der Waals surface area contributed by atoms with E-state index in [1.165, 1.54) is 16.8 Å². The number of hydrogen-bond acceptors (Lipinski definition) is 3. The number of benzene rings is 3. The maximum absolute atomic E-state index is 15.1. The zero-order valence-corrected chi connectivity index (χ0v) is 19.1. The fourth-order valence-electron chi connectivity index (χ4n) is 4.78. The molecule has 4 heteroatoms. The molecule has 0 N–H and O–H groups in total. The van der Waals surface area contributed by atoms with E-state index in [9.17, 15) is 0 Å². The molecule has 0 aromatic heterocycles. The van der Waals surface area contributed by atoms with E-state index in [4.69, 9.17) is 4.74 Å². The summed E-state index contributed by atoms with van der Waals surface area (Å²) in [5.41, 5.74) is 3.64. The summed E-state index contributed by atoms with van der Waals surface area (Å²) in [5.74, 6) is 0. The molecule has 2 aliphatic rings. The van der Waals surface area contributed by atoms with Gasteiger partial charge in [0.05, 0.1) is 13.2 Å². The van der Waals surface area contributed by atoms with E-state index >= 15 is 4.57 Å². The third kappa shape index (κ3) is 3.99. The first kappa shape index (κ1) is 21.0. The van der Waals surface area contributed by atoms with Crippen LogP contribution in [0.1, 0.15) is 18.4 Å². The summed E-state index contributed by atoms with van der Waals surface area (Å²) >= 11 is 0. The van der Waals surface area contributed by atoms with Gasteiger partial charge in [0.15, 0.2) is 7.14 Å². The Morgan fingerprint density at radius 3 is 1.81 bits per heavy atom. The molecule has 0 unspecified atom stereocenters. The van der Waals surface area contributed by atoms with Crippen molar-refractivity contribution in [2.75, 3.05) is 26.3 Å². The van der Waals surface area contributed by atoms with Crippen LogP contribution >= 0.6 is 7.14 Å². The summed E-state index contributed by atoms with van der Waals surface area (Å²) in [5, 5.41) is 2.90. The summed E-state index contributed by atoms with van der Waals surface area (Å²) in [7, 11) is -2.98. The standard InChI is InChI=1S/C28H28NO2P/c30-32(25-12-6-2-7-13-25,26-14-8-3-9-15-26)27-17-16-24(22-23-10-4-1-5-11-23)28(27)29-18-20-31-21-19-29/h1-15,22H,16-21H2/b24-22-. The molecule has 3 aromatic carbocycles. The molecule has 0 bridgehead atoms. The second kappa shape index (κ2) is 9.32. The van der Waals surface area contributed by atoms with E-state index in [0.29, 0.717) is 13.2 Å². The molecule has 3 nitrogen and oxygen atoms in total. The molecule has 1 aliphatic carbocycles. The smallest absolute Gasteiger partial charge is 0.169 e. The Kier molecular flexibility index (Phi) is 6.12. The molecule has 0 radical (unpaired) electrons. The lowest BCUT2D eigenvalue weighted by molar-refractivity contribution is 0.0548. The summed E-state index contributed by atoms with van der Waals surface area (Å²) in [4.78, 5) is 2.40. The Bertz CT molecular complexity index is 1120. The highest BCUT2D eigenvalue weighted by atomic mass is 31.2. The van der Waals surface area contributed by atoms with Gasteiger partial charge < -0.3 is 14.2 Å². The van der Waals surface area contributed by atoms with Gasteiger partial charge in [0.2, 0.25) is 0 Å². The lowest BCUT2D eigenvalue weighted by Crippen LogP contribution is -2.36. The maximum atomic E-state index is 15.1. The Morgan fingerprint density at radius 1 is 0.719 bits per heavy atom. The minimum absolute atomic E-state index is 0.705. The largest absolute Gasteiger partial charge is 0.378 e. The fraction of sp³-hybridized carbons (Fsp3) is 0.214. The molecule has 0 spiro atoms. The van der Waals surface area contributed by atoms with Gasteiger partial charge in [-0.3, -0.25) is 0 Å². The average Bonchev–Trinajstić information content (AvgIpc) is 3.29. The monoisotopic (exact) mass is 441 g/mol. The van der Waals surface area contributed by atoms with Crippen LogP contribution in [0.4, 0.5) is 0 Å². The van der Waals surface area contributed by atoms with Crippen molar-refractivity contribution in [2.45, 2.75) is 12.8 Å². The predicted molar refractivity (Wildman–Crippen MR) is 133 cm³/mol. The Labute approximate surface area is 190 Å². The third-order valence-electron chi connectivity index (χ3n) is 6.30. The molecule has 1 heterocycles. The SMILES string of the molecule is O=P(C1=C(N2CCOCC2)/C(=C\c2ccccc2)CC1)(c1ccccc1)c1ccccc1. The quantitative estimate of drug-likeness (QED) is 0.495. The number of nitrogens with zero attached hydrogens (tertiary/aromatic N) is 1. The van der Waals surface area contributed by atoms with Gasteiger partial charge in [0.25, 0.3) is 0 Å². The zero-order chi connectivity index (χ0) is 21.8. The minimum atomic E-state index is -2.98. The normalized spacial score (nSPS) is 18.4. The van der Waals surface area contributed by atoms with E-state index in [2.05, 4.69) is 35.2 Å². The van der Waals surface area contributed by atoms with Crippen molar-refractivity contribution in [3.63, 3.8) is 0 Å². The number of allylic oxidation sites excluding steroid dienone is 2. The second-order valence-electron chi connectivity index (χ2n) is 8.26. The Balaban J connectivity index is 1.73. The van der Waals surface area contributed by atoms with Gasteiger partial charge in [-0.1, -0.05) is 91.0 Å². The molecule has 162 valence electrons. The maximum Gasteiger partial charge on any atom is 0.169 e. The number of hydrogen-bond donors (Lipinski definition) is 0. The number of rotatable bonds is 5. The van der Waals surface area contributed by atoms with Crippen LogP contribution in [0.5, 0.6) is 0 Å². The van der Waals surface area contributed by atoms with Crippen molar-refractivity contribution in [1.29, 1.82) is 0 Å². The van der Waals surface area contributed by atoms with Gasteiger partial charge in [0, 0.05) is 34.7 Å². The molecule has 1 aliphatic heterocycles. The van der Waals surface area contributed by atoms with Crippen LogP contribution in [0.15, 0.2) is 108 Å². The van der Waals surface area contributed by atoms with Crippen LogP contribution in [-0.2, 0) is 9.30 Å². The van der Waals surface area contributed by atoms with Crippen LogP contribution in [0.3, 0.4) is 0 Å². The Morgan fingerprint density at radius 2 is 1.25 bits per heavy atom. The van der Waals surface area contributed by atoms with E-state index in [0.717, 1.165) is 41.9 Å². The first-order chi connectivity index (χ1) is 15.8. The second-order valence-corrected chi connectivity index (χ2v) is 11.0. The number of morpholine rings is 1. The van der Waals surface area contributed by atoms with Crippen molar-refractivity contribution in [3.8, 4) is 0 Å². The van der Waals surface area contributed by atoms with Crippen LogP contribution in [-0.4, -0.2) is 31.2 Å². The highest BCUT2D eigenvalue weighted by molar-refractivity contribution is 7.82. The van der Waals surface area contributed by atoms with Crippen LogP contribution in [0.2, 0.25) is 0 Å². The summed E-state index contributed by atoms with van der Waals surface area (Å²) in [6.07, 6.45) is 3.99. The van der Waals surface area contributed by atoms with Crippen molar-refractivity contribution in [3.05, 3.63) is 113 Å². The van der Waals surface area contributed by atoms with Gasteiger partial charge in [-0.15, -0.1) is 0 Å². The first-order valence-electron chi connectivity index (χ1n) is 11.3. The van der Waals surface area contributed by atoms with Gasteiger partial charge in [0.1, 0.15) is 0 Å². The highest BCUT2D eigenvalue weighted by Crippen LogP contribution is 2.59. The third-order valence-corrected chi connectivity index (χ3v) is 9.54. The first-order valence-corrected chi connectivity index (χ1v) is 13.0. The van der Waals surface area contributed by atoms with Gasteiger partial charge >= 0.3 is 0 Å². The molecule has 1 fully saturated rings. The van der Waals surface area contributed by atoms with Crippen molar-refractivity contribution in [2.24, 2.45) is 0 Å². The summed E-state index contributed by atoms with van der Waals surface area (Å²) in [6.45, 7) is 3.07. The van der Waals surface area contributed by atoms with Gasteiger partial charge in [-0.2, -0.15) is 0 Å². The molecule has 0 saturated carbocycles. The van der Waals surface area contributed by atoms with Gasteiger partial charge in [-0.25, -0.2) is 0 Å². The summed E-state index contributed by atoms with van der Waals surface area (Å²) in [6, 6.07) is 30.5. The van der Waals surface area contributed by atoms with E-state index < -0.39 is 7.14 Å². The molecule has 32 heavy (non-hydrogen) atoms. The molecule has 1 saturated heterocycles. The molecule has 5 rings (SSSR count). The Hall–Kier alpha value is -2.87. The molecular formula is C28H28NO2P. The highest BCUT2D eigenvalue weighted by Gasteiger charge is 2.39. The van der Waals surface area contributed by atoms with Crippen LogP contribution < -0.4 is 10.6 Å². The minimum Gasteiger partial charge on any atom is -0.378 e. The van der Waals surface area contributed by atoms with E-state index in [1.54, 1.807) is 0 Å². The molecule has 0 amide bonds. The van der Waals surface area contributed by atoms with E-state index in [1.807, 2.05) is 66.7 Å². The number of ether oxygens (including phenoxy) is 1. The fourth-order valence-corrected chi connectivity index (χ4v) is 7.90.